The van der Waals surface area contributed by atoms with Gasteiger partial charge in [-0.05, 0) is 37.6 Å². The van der Waals surface area contributed by atoms with E-state index in [1.54, 1.807) is 31.7 Å². The highest BCUT2D eigenvalue weighted by molar-refractivity contribution is 6.30. The van der Waals surface area contributed by atoms with Crippen molar-refractivity contribution in [2.45, 2.75) is 19.8 Å². The maximum atomic E-state index is 11.4. The number of esters is 1. The monoisotopic (exact) mass is 411 g/mol. The van der Waals surface area contributed by atoms with Gasteiger partial charge in [0.25, 0.3) is 0 Å². The van der Waals surface area contributed by atoms with E-state index in [2.05, 4.69) is 25.6 Å². The molecule has 0 saturated heterocycles. The molecule has 2 aromatic heterocycles. The number of hydrogen-bond donors (Lipinski definition) is 2. The second kappa shape index (κ2) is 10.4. The highest BCUT2D eigenvalue weighted by Crippen LogP contribution is 2.23. The summed E-state index contributed by atoms with van der Waals surface area (Å²) in [6, 6.07) is 9.35. The molecule has 0 aliphatic heterocycles. The molecule has 150 valence electrons. The molecule has 0 amide bonds. The van der Waals surface area contributed by atoms with Gasteiger partial charge in [-0.2, -0.15) is 0 Å². The molecule has 3 aromatic rings. The maximum absolute atomic E-state index is 11.4. The Morgan fingerprint density at radius 2 is 1.97 bits per heavy atom. The zero-order valence-corrected chi connectivity index (χ0v) is 16.8. The fourth-order valence-electron chi connectivity index (χ4n) is 2.65. The third-order valence-corrected chi connectivity index (χ3v) is 4.19. The fourth-order valence-corrected chi connectivity index (χ4v) is 2.84. The van der Waals surface area contributed by atoms with Crippen LogP contribution >= 0.6 is 11.6 Å². The van der Waals surface area contributed by atoms with Gasteiger partial charge in [-0.15, -0.1) is 0 Å². The highest BCUT2D eigenvalue weighted by atomic mass is 35.5. The quantitative estimate of drug-likeness (QED) is 0.390. The topological polar surface area (TPSA) is 89.0 Å². The van der Waals surface area contributed by atoms with Gasteiger partial charge in [0.2, 0.25) is 0 Å². The van der Waals surface area contributed by atoms with Crippen LogP contribution in [0.5, 0.6) is 0 Å². The number of pyridine rings is 1. The van der Waals surface area contributed by atoms with Gasteiger partial charge < -0.3 is 15.4 Å². The number of ether oxygens (including phenoxy) is 1. The molecule has 2 N–H and O–H groups in total. The summed E-state index contributed by atoms with van der Waals surface area (Å²) >= 11 is 6.02. The summed E-state index contributed by atoms with van der Waals surface area (Å²) in [5.74, 6) is 0.429. The molecule has 0 aliphatic rings. The molecule has 0 atom stereocenters. The normalized spacial score (nSPS) is 10.4. The van der Waals surface area contributed by atoms with E-state index in [4.69, 9.17) is 16.3 Å². The van der Waals surface area contributed by atoms with Crippen molar-refractivity contribution in [3.8, 4) is 11.3 Å². The van der Waals surface area contributed by atoms with Crippen LogP contribution in [0.15, 0.2) is 55.1 Å². The van der Waals surface area contributed by atoms with Crippen LogP contribution in [0.25, 0.3) is 11.3 Å². The Morgan fingerprint density at radius 1 is 1.10 bits per heavy atom. The lowest BCUT2D eigenvalue weighted by Gasteiger charge is -2.09. The average molecular weight is 412 g/mol. The van der Waals surface area contributed by atoms with E-state index in [0.717, 1.165) is 16.9 Å². The van der Waals surface area contributed by atoms with Crippen LogP contribution in [0.2, 0.25) is 5.02 Å². The third-order valence-electron chi connectivity index (χ3n) is 3.96. The number of halogens is 1. The maximum Gasteiger partial charge on any atom is 0.305 e. The third kappa shape index (κ3) is 6.43. The zero-order chi connectivity index (χ0) is 20.5. The zero-order valence-electron chi connectivity index (χ0n) is 16.1. The smallest absolute Gasteiger partial charge is 0.305 e. The van der Waals surface area contributed by atoms with E-state index in [-0.39, 0.29) is 5.97 Å². The second-order valence-corrected chi connectivity index (χ2v) is 6.66. The molecule has 2 heterocycles. The molecule has 1 aromatic carbocycles. The molecule has 0 aliphatic carbocycles. The summed E-state index contributed by atoms with van der Waals surface area (Å²) in [6.45, 7) is 2.85. The van der Waals surface area contributed by atoms with Gasteiger partial charge in [0, 0.05) is 41.6 Å². The summed E-state index contributed by atoms with van der Waals surface area (Å²) in [6.07, 6.45) is 7.87. The molecule has 7 nitrogen and oxygen atoms in total. The van der Waals surface area contributed by atoms with Gasteiger partial charge in [0.15, 0.2) is 0 Å². The summed E-state index contributed by atoms with van der Waals surface area (Å²) in [5, 5.41) is 7.10. The van der Waals surface area contributed by atoms with Gasteiger partial charge in [0.05, 0.1) is 30.4 Å². The van der Waals surface area contributed by atoms with E-state index in [9.17, 15) is 4.79 Å². The number of nitrogens with one attached hydrogen (secondary N) is 2. The first-order chi connectivity index (χ1) is 14.1. The standard InChI is InChI=1S/C21H22ClN5O2/c1-2-29-21(28)7-4-8-25-18-9-15(11-23-12-18)19-13-24-14-20(27-19)26-17-6-3-5-16(22)10-17/h3,5-6,9-14,25H,2,4,7-8H2,1H3,(H,26,27). The van der Waals surface area contributed by atoms with Crippen molar-refractivity contribution in [2.24, 2.45) is 0 Å². The molecule has 8 heteroatoms. The Kier molecular flexibility index (Phi) is 7.35. The molecular formula is C21H22ClN5O2. The molecule has 29 heavy (non-hydrogen) atoms. The van der Waals surface area contributed by atoms with E-state index < -0.39 is 0 Å². The minimum atomic E-state index is -0.180. The van der Waals surface area contributed by atoms with Crippen LogP contribution in [0.4, 0.5) is 17.2 Å². The summed E-state index contributed by atoms with van der Waals surface area (Å²) in [5.41, 5.74) is 3.21. The largest absolute Gasteiger partial charge is 0.466 e. The second-order valence-electron chi connectivity index (χ2n) is 6.22. The van der Waals surface area contributed by atoms with Crippen molar-refractivity contribution in [1.29, 1.82) is 0 Å². The fraction of sp³-hybridized carbons (Fsp3) is 0.238. The molecule has 0 radical (unpaired) electrons. The minimum absolute atomic E-state index is 0.180. The lowest BCUT2D eigenvalue weighted by atomic mass is 10.2. The van der Waals surface area contributed by atoms with E-state index in [1.807, 2.05) is 30.3 Å². The van der Waals surface area contributed by atoms with Crippen molar-refractivity contribution in [1.82, 2.24) is 15.0 Å². The van der Waals surface area contributed by atoms with Gasteiger partial charge in [-0.25, -0.2) is 4.98 Å². The highest BCUT2D eigenvalue weighted by Gasteiger charge is 2.06. The van der Waals surface area contributed by atoms with Crippen molar-refractivity contribution in [3.63, 3.8) is 0 Å². The Bertz CT molecular complexity index is 967. The van der Waals surface area contributed by atoms with E-state index >= 15 is 0 Å². The van der Waals surface area contributed by atoms with Crippen LogP contribution in [0, 0.1) is 0 Å². The van der Waals surface area contributed by atoms with Gasteiger partial charge in [-0.1, -0.05) is 17.7 Å². The number of carbonyl (C=O) groups excluding carboxylic acids is 1. The number of carbonyl (C=O) groups is 1. The predicted octanol–water partition coefficient (Wildman–Crippen LogP) is 4.69. The average Bonchev–Trinajstić information content (AvgIpc) is 2.72. The molecule has 0 fully saturated rings. The first-order valence-electron chi connectivity index (χ1n) is 9.33. The molecule has 0 bridgehead atoms. The molecular weight excluding hydrogens is 390 g/mol. The van der Waals surface area contributed by atoms with Crippen molar-refractivity contribution >= 4 is 34.8 Å². The summed E-state index contributed by atoms with van der Waals surface area (Å²) in [4.78, 5) is 24.5. The molecule has 0 spiro atoms. The van der Waals surface area contributed by atoms with Crippen LogP contribution < -0.4 is 10.6 Å². The van der Waals surface area contributed by atoms with E-state index in [0.29, 0.717) is 42.5 Å². The number of anilines is 3. The van der Waals surface area contributed by atoms with Gasteiger partial charge in [0.1, 0.15) is 5.82 Å². The number of benzene rings is 1. The lowest BCUT2D eigenvalue weighted by molar-refractivity contribution is -0.143. The van der Waals surface area contributed by atoms with E-state index in [1.165, 1.54) is 0 Å². The van der Waals surface area contributed by atoms with Crippen LogP contribution in [0.3, 0.4) is 0 Å². The lowest BCUT2D eigenvalue weighted by Crippen LogP contribution is -2.08. The number of nitrogens with zero attached hydrogens (tertiary/aromatic N) is 3. The molecule has 0 unspecified atom stereocenters. The summed E-state index contributed by atoms with van der Waals surface area (Å²) in [7, 11) is 0. The minimum Gasteiger partial charge on any atom is -0.466 e. The first-order valence-corrected chi connectivity index (χ1v) is 9.71. The number of aromatic nitrogens is 3. The number of rotatable bonds is 9. The van der Waals surface area contributed by atoms with Crippen molar-refractivity contribution < 1.29 is 9.53 Å². The van der Waals surface area contributed by atoms with Crippen molar-refractivity contribution in [2.75, 3.05) is 23.8 Å². The van der Waals surface area contributed by atoms with Crippen LogP contribution in [-0.4, -0.2) is 34.1 Å². The Morgan fingerprint density at radius 3 is 2.79 bits per heavy atom. The SMILES string of the molecule is CCOC(=O)CCCNc1cncc(-c2cncc(Nc3cccc(Cl)c3)n2)c1. The predicted molar refractivity (Wildman–Crippen MR) is 114 cm³/mol. The number of hydrogen-bond acceptors (Lipinski definition) is 7. The van der Waals surface area contributed by atoms with Crippen molar-refractivity contribution in [3.05, 3.63) is 60.1 Å². The van der Waals surface area contributed by atoms with Crippen LogP contribution in [-0.2, 0) is 9.53 Å². The van der Waals surface area contributed by atoms with Crippen LogP contribution in [0.1, 0.15) is 19.8 Å². The summed E-state index contributed by atoms with van der Waals surface area (Å²) < 4.78 is 4.92. The Balaban J connectivity index is 1.63. The Labute approximate surface area is 174 Å². The van der Waals surface area contributed by atoms with Gasteiger partial charge in [-0.3, -0.25) is 14.8 Å². The van der Waals surface area contributed by atoms with Gasteiger partial charge >= 0.3 is 5.97 Å². The molecule has 3 rings (SSSR count). The Hall–Kier alpha value is -3.19. The molecule has 0 saturated carbocycles. The first kappa shape index (κ1) is 20.5.